The molecular formula is C22H30N2O5S2. The summed E-state index contributed by atoms with van der Waals surface area (Å²) in [6, 6.07) is 6.82. The van der Waals surface area contributed by atoms with Gasteiger partial charge in [-0.1, -0.05) is 50.7 Å². The topological polar surface area (TPSA) is 113 Å². The van der Waals surface area contributed by atoms with Gasteiger partial charge in [0.05, 0.1) is 9.79 Å². The lowest BCUT2D eigenvalue weighted by Gasteiger charge is -2.24. The van der Waals surface area contributed by atoms with Crippen LogP contribution in [0.3, 0.4) is 0 Å². The molecule has 2 aromatic carbocycles. The van der Waals surface area contributed by atoms with Gasteiger partial charge in [0.15, 0.2) is 0 Å². The molecular weight excluding hydrogens is 436 g/mol. The van der Waals surface area contributed by atoms with E-state index in [1.807, 2.05) is 0 Å². The van der Waals surface area contributed by atoms with Crippen molar-refractivity contribution in [3.63, 3.8) is 0 Å². The van der Waals surface area contributed by atoms with E-state index in [4.69, 9.17) is 0 Å². The van der Waals surface area contributed by atoms with Crippen molar-refractivity contribution in [3.8, 4) is 5.75 Å². The molecule has 31 heavy (non-hydrogen) atoms. The summed E-state index contributed by atoms with van der Waals surface area (Å²) in [5, 5.41) is 10.8. The van der Waals surface area contributed by atoms with E-state index in [9.17, 15) is 21.9 Å². The van der Waals surface area contributed by atoms with Crippen LogP contribution in [0.4, 0.5) is 0 Å². The first-order valence-electron chi connectivity index (χ1n) is 11.1. The first-order valence-corrected chi connectivity index (χ1v) is 14.0. The predicted octanol–water partition coefficient (Wildman–Crippen LogP) is 3.77. The van der Waals surface area contributed by atoms with Crippen LogP contribution in [0.25, 0.3) is 10.8 Å². The standard InChI is InChI=1S/C22H30N2O5S2/c25-19-14-15-20(30(26,27)23-16-8-3-1-4-9-16)18-12-7-13-21(22(18)19)31(28,29)24-17-10-5-2-6-11-17/h7,12-17,23-25H,1-6,8-11H2. The smallest absolute Gasteiger partial charge is 0.241 e. The Labute approximate surface area is 184 Å². The summed E-state index contributed by atoms with van der Waals surface area (Å²) in [5.41, 5.74) is 0. The number of hydrogen-bond acceptors (Lipinski definition) is 5. The quantitative estimate of drug-likeness (QED) is 0.600. The van der Waals surface area contributed by atoms with Gasteiger partial charge in [-0.2, -0.15) is 0 Å². The lowest BCUT2D eigenvalue weighted by molar-refractivity contribution is 0.411. The fourth-order valence-corrected chi connectivity index (χ4v) is 7.84. The largest absolute Gasteiger partial charge is 0.507 e. The van der Waals surface area contributed by atoms with E-state index in [2.05, 4.69) is 9.44 Å². The fraction of sp³-hybridized carbons (Fsp3) is 0.545. The molecule has 9 heteroatoms. The van der Waals surface area contributed by atoms with Gasteiger partial charge in [-0.25, -0.2) is 26.3 Å². The Bertz CT molecular complexity index is 1150. The maximum Gasteiger partial charge on any atom is 0.241 e. The molecule has 3 N–H and O–H groups in total. The van der Waals surface area contributed by atoms with E-state index in [1.54, 1.807) is 6.07 Å². The Morgan fingerprint density at radius 3 is 1.74 bits per heavy atom. The average molecular weight is 467 g/mol. The van der Waals surface area contributed by atoms with Gasteiger partial charge in [0.1, 0.15) is 5.75 Å². The first kappa shape index (κ1) is 22.5. The summed E-state index contributed by atoms with van der Waals surface area (Å²) in [5.74, 6) is -0.253. The van der Waals surface area contributed by atoms with Crippen LogP contribution in [0.1, 0.15) is 64.2 Å². The number of benzene rings is 2. The minimum atomic E-state index is -3.92. The molecule has 2 aromatic rings. The van der Waals surface area contributed by atoms with Gasteiger partial charge in [-0.15, -0.1) is 0 Å². The van der Waals surface area contributed by atoms with Gasteiger partial charge < -0.3 is 5.11 Å². The molecule has 0 unspecified atom stereocenters. The molecule has 0 saturated heterocycles. The lowest BCUT2D eigenvalue weighted by Crippen LogP contribution is -2.36. The predicted molar refractivity (Wildman–Crippen MR) is 120 cm³/mol. The molecule has 0 radical (unpaired) electrons. The molecule has 170 valence electrons. The second-order valence-electron chi connectivity index (χ2n) is 8.67. The van der Waals surface area contributed by atoms with E-state index in [0.717, 1.165) is 64.2 Å². The van der Waals surface area contributed by atoms with Crippen LogP contribution in [-0.4, -0.2) is 34.0 Å². The molecule has 0 aromatic heterocycles. The first-order chi connectivity index (χ1) is 14.8. The van der Waals surface area contributed by atoms with Gasteiger partial charge in [0, 0.05) is 22.9 Å². The molecule has 0 aliphatic heterocycles. The number of hydrogen-bond donors (Lipinski definition) is 3. The lowest BCUT2D eigenvalue weighted by atomic mass is 9.96. The van der Waals surface area contributed by atoms with Crippen LogP contribution in [0.5, 0.6) is 5.75 Å². The van der Waals surface area contributed by atoms with E-state index >= 15 is 0 Å². The van der Waals surface area contributed by atoms with Gasteiger partial charge in [0.2, 0.25) is 20.0 Å². The molecule has 0 amide bonds. The molecule has 2 aliphatic rings. The third kappa shape index (κ3) is 4.89. The second-order valence-corrected chi connectivity index (χ2v) is 12.0. The molecule has 0 heterocycles. The molecule has 2 saturated carbocycles. The summed E-state index contributed by atoms with van der Waals surface area (Å²) in [4.78, 5) is -0.108. The van der Waals surface area contributed by atoms with Gasteiger partial charge in [0.25, 0.3) is 0 Å². The van der Waals surface area contributed by atoms with Crippen molar-refractivity contribution in [2.75, 3.05) is 0 Å². The van der Waals surface area contributed by atoms with E-state index < -0.39 is 20.0 Å². The Hall–Kier alpha value is -1.68. The number of phenolic OH excluding ortho intramolecular Hbond substituents is 1. The summed E-state index contributed by atoms with van der Waals surface area (Å²) >= 11 is 0. The Kier molecular flexibility index (Phi) is 6.57. The van der Waals surface area contributed by atoms with Crippen LogP contribution in [0.2, 0.25) is 0 Å². The zero-order valence-corrected chi connectivity index (χ0v) is 19.1. The van der Waals surface area contributed by atoms with Crippen molar-refractivity contribution in [2.24, 2.45) is 0 Å². The summed E-state index contributed by atoms with van der Waals surface area (Å²) in [6.07, 6.45) is 9.27. The Morgan fingerprint density at radius 1 is 0.677 bits per heavy atom. The van der Waals surface area contributed by atoms with Crippen LogP contribution in [0.15, 0.2) is 40.1 Å². The average Bonchev–Trinajstić information content (AvgIpc) is 2.74. The van der Waals surface area contributed by atoms with Crippen LogP contribution >= 0.6 is 0 Å². The van der Waals surface area contributed by atoms with Gasteiger partial charge in [-0.3, -0.25) is 0 Å². The molecule has 4 rings (SSSR count). The van der Waals surface area contributed by atoms with Gasteiger partial charge >= 0.3 is 0 Å². The Balaban J connectivity index is 1.74. The maximum absolute atomic E-state index is 13.2. The molecule has 7 nitrogen and oxygen atoms in total. The molecule has 0 spiro atoms. The van der Waals surface area contributed by atoms with Crippen LogP contribution < -0.4 is 9.44 Å². The number of nitrogens with one attached hydrogen (secondary N) is 2. The fourth-order valence-electron chi connectivity index (χ4n) is 4.79. The number of fused-ring (bicyclic) bond motifs is 1. The van der Waals surface area contributed by atoms with Crippen molar-refractivity contribution in [3.05, 3.63) is 30.3 Å². The van der Waals surface area contributed by atoms with Gasteiger partial charge in [-0.05, 0) is 43.9 Å². The molecule has 0 atom stereocenters. The number of phenols is 1. The molecule has 0 bridgehead atoms. The summed E-state index contributed by atoms with van der Waals surface area (Å²) < 4.78 is 58.1. The van der Waals surface area contributed by atoms with Crippen molar-refractivity contribution < 1.29 is 21.9 Å². The van der Waals surface area contributed by atoms with Crippen molar-refractivity contribution in [1.29, 1.82) is 0 Å². The van der Waals surface area contributed by atoms with Crippen LogP contribution in [-0.2, 0) is 20.0 Å². The summed E-state index contributed by atoms with van der Waals surface area (Å²) in [6.45, 7) is 0. The van der Waals surface area contributed by atoms with Crippen molar-refractivity contribution in [1.82, 2.24) is 9.44 Å². The maximum atomic E-state index is 13.2. The SMILES string of the molecule is O=S(=O)(NC1CCCCC1)c1ccc(O)c2c(S(=O)(=O)NC3CCCCC3)cccc12. The zero-order valence-electron chi connectivity index (χ0n) is 17.5. The number of rotatable bonds is 6. The van der Waals surface area contributed by atoms with Crippen molar-refractivity contribution >= 4 is 30.8 Å². The monoisotopic (exact) mass is 466 g/mol. The van der Waals surface area contributed by atoms with E-state index in [0.29, 0.717) is 0 Å². The summed E-state index contributed by atoms with van der Waals surface area (Å²) in [7, 11) is -7.79. The highest BCUT2D eigenvalue weighted by Gasteiger charge is 2.28. The third-order valence-electron chi connectivity index (χ3n) is 6.37. The number of sulfonamides is 2. The minimum absolute atomic E-state index is 0.0133. The third-order valence-corrected chi connectivity index (χ3v) is 9.51. The van der Waals surface area contributed by atoms with Crippen molar-refractivity contribution in [2.45, 2.75) is 86.1 Å². The normalized spacial score (nSPS) is 19.6. The highest BCUT2D eigenvalue weighted by atomic mass is 32.2. The van der Waals surface area contributed by atoms with Crippen LogP contribution in [0, 0.1) is 0 Å². The zero-order chi connectivity index (χ0) is 22.1. The van der Waals surface area contributed by atoms with E-state index in [1.165, 1.54) is 24.3 Å². The minimum Gasteiger partial charge on any atom is -0.507 e. The molecule has 2 aliphatic carbocycles. The highest BCUT2D eigenvalue weighted by Crippen LogP contribution is 2.36. The van der Waals surface area contributed by atoms with E-state index in [-0.39, 0.29) is 38.4 Å². The molecule has 2 fully saturated rings. The number of aromatic hydroxyl groups is 1. The Morgan fingerprint density at radius 2 is 1.19 bits per heavy atom. The second kappa shape index (κ2) is 9.05. The highest BCUT2D eigenvalue weighted by molar-refractivity contribution is 7.90.